The molecule has 1 heterocycles. The third kappa shape index (κ3) is 3.10. The first kappa shape index (κ1) is 13.5. The normalized spacial score (nSPS) is 10.4. The molecule has 0 radical (unpaired) electrons. The first-order chi connectivity index (χ1) is 8.60. The Labute approximate surface area is 123 Å². The van der Waals surface area contributed by atoms with Crippen molar-refractivity contribution >= 4 is 31.9 Å². The molecule has 3 nitrogen and oxygen atoms in total. The zero-order valence-electron chi connectivity index (χ0n) is 9.78. The van der Waals surface area contributed by atoms with Crippen molar-refractivity contribution in [3.63, 3.8) is 0 Å². The first-order valence-corrected chi connectivity index (χ1v) is 6.97. The van der Waals surface area contributed by atoms with E-state index in [1.165, 1.54) is 0 Å². The molecule has 0 amide bonds. The number of nitrogens with two attached hydrogens (primary N) is 1. The van der Waals surface area contributed by atoms with E-state index in [2.05, 4.69) is 36.8 Å². The average molecular weight is 372 g/mol. The fraction of sp³-hybridized carbons (Fsp3) is 0.154. The topological polar surface area (TPSA) is 48.1 Å². The molecule has 2 rings (SSSR count). The Morgan fingerprint density at radius 1 is 1.28 bits per heavy atom. The van der Waals surface area contributed by atoms with Crippen molar-refractivity contribution in [1.29, 1.82) is 0 Å². The molecule has 1 aromatic heterocycles. The van der Waals surface area contributed by atoms with Gasteiger partial charge in [-0.3, -0.25) is 4.98 Å². The van der Waals surface area contributed by atoms with E-state index in [4.69, 9.17) is 10.5 Å². The van der Waals surface area contributed by atoms with Gasteiger partial charge < -0.3 is 10.5 Å². The fourth-order valence-corrected chi connectivity index (χ4v) is 2.06. The Hall–Kier alpha value is -0.910. The van der Waals surface area contributed by atoms with Crippen molar-refractivity contribution < 1.29 is 4.74 Å². The van der Waals surface area contributed by atoms with Crippen LogP contribution in [0.15, 0.2) is 39.4 Å². The minimum Gasteiger partial charge on any atom is -0.455 e. The molecular weight excluding hydrogens is 360 g/mol. The van der Waals surface area contributed by atoms with E-state index >= 15 is 0 Å². The molecule has 94 valence electrons. The number of hydrogen-bond donors (Lipinski definition) is 1. The van der Waals surface area contributed by atoms with Crippen LogP contribution < -0.4 is 10.5 Å². The highest BCUT2D eigenvalue weighted by atomic mass is 79.9. The summed E-state index contributed by atoms with van der Waals surface area (Å²) in [6.07, 6.45) is 1.71. The fourth-order valence-electron chi connectivity index (χ4n) is 1.50. The Kier molecular flexibility index (Phi) is 4.37. The van der Waals surface area contributed by atoms with Gasteiger partial charge in [-0.05, 0) is 52.7 Å². The van der Waals surface area contributed by atoms with Gasteiger partial charge in [0.2, 0.25) is 0 Å². The second-order valence-electron chi connectivity index (χ2n) is 3.82. The number of rotatable bonds is 3. The van der Waals surface area contributed by atoms with Crippen LogP contribution in [0.4, 0.5) is 0 Å². The molecule has 0 bridgehead atoms. The van der Waals surface area contributed by atoms with Gasteiger partial charge in [-0.25, -0.2) is 0 Å². The molecule has 0 aliphatic heterocycles. The predicted octanol–water partition coefficient (Wildman–Crippen LogP) is 4.17. The summed E-state index contributed by atoms with van der Waals surface area (Å²) in [6, 6.07) is 7.69. The zero-order valence-corrected chi connectivity index (χ0v) is 13.0. The van der Waals surface area contributed by atoms with Gasteiger partial charge in [-0.15, -0.1) is 0 Å². The lowest BCUT2D eigenvalue weighted by Gasteiger charge is -2.10. The van der Waals surface area contributed by atoms with E-state index in [9.17, 15) is 0 Å². The third-order valence-corrected chi connectivity index (χ3v) is 3.77. The van der Waals surface area contributed by atoms with Crippen molar-refractivity contribution in [2.24, 2.45) is 5.73 Å². The SMILES string of the molecule is Cc1cc(Oc2cc(Br)cnc2CN)ccc1Br. The van der Waals surface area contributed by atoms with Crippen molar-refractivity contribution in [3.8, 4) is 11.5 Å². The van der Waals surface area contributed by atoms with E-state index < -0.39 is 0 Å². The third-order valence-electron chi connectivity index (χ3n) is 2.45. The minimum atomic E-state index is 0.345. The van der Waals surface area contributed by atoms with Gasteiger partial charge >= 0.3 is 0 Å². The van der Waals surface area contributed by atoms with E-state index in [1.807, 2.05) is 31.2 Å². The number of pyridine rings is 1. The molecule has 0 saturated carbocycles. The van der Waals surface area contributed by atoms with Crippen LogP contribution in [-0.4, -0.2) is 4.98 Å². The average Bonchev–Trinajstić information content (AvgIpc) is 2.34. The summed E-state index contributed by atoms with van der Waals surface area (Å²) in [4.78, 5) is 4.23. The van der Waals surface area contributed by atoms with Crippen molar-refractivity contribution in [2.45, 2.75) is 13.5 Å². The molecule has 0 spiro atoms. The van der Waals surface area contributed by atoms with Crippen LogP contribution in [0.2, 0.25) is 0 Å². The summed E-state index contributed by atoms with van der Waals surface area (Å²) in [5.41, 5.74) is 7.49. The number of halogens is 2. The van der Waals surface area contributed by atoms with Crippen LogP contribution in [0, 0.1) is 6.92 Å². The van der Waals surface area contributed by atoms with E-state index in [0.29, 0.717) is 12.3 Å². The van der Waals surface area contributed by atoms with Crippen molar-refractivity contribution in [3.05, 3.63) is 50.7 Å². The summed E-state index contributed by atoms with van der Waals surface area (Å²) >= 11 is 6.83. The molecule has 2 N–H and O–H groups in total. The minimum absolute atomic E-state index is 0.345. The van der Waals surface area contributed by atoms with Gasteiger partial charge in [-0.1, -0.05) is 15.9 Å². The van der Waals surface area contributed by atoms with Crippen LogP contribution >= 0.6 is 31.9 Å². The van der Waals surface area contributed by atoms with E-state index in [1.54, 1.807) is 6.20 Å². The molecule has 0 aliphatic carbocycles. The predicted molar refractivity (Wildman–Crippen MR) is 78.8 cm³/mol. The number of nitrogens with zero attached hydrogens (tertiary/aromatic N) is 1. The molecule has 0 unspecified atom stereocenters. The Morgan fingerprint density at radius 2 is 2.06 bits per heavy atom. The molecule has 2 aromatic rings. The number of hydrogen-bond acceptors (Lipinski definition) is 3. The van der Waals surface area contributed by atoms with Crippen LogP contribution in [0.1, 0.15) is 11.3 Å². The Morgan fingerprint density at radius 3 is 2.72 bits per heavy atom. The first-order valence-electron chi connectivity index (χ1n) is 5.38. The van der Waals surface area contributed by atoms with Gasteiger partial charge in [0.05, 0.1) is 5.69 Å². The maximum Gasteiger partial charge on any atom is 0.151 e. The molecule has 0 aliphatic rings. The summed E-state index contributed by atoms with van der Waals surface area (Å²) in [5, 5.41) is 0. The van der Waals surface area contributed by atoms with Crippen LogP contribution in [0.25, 0.3) is 0 Å². The monoisotopic (exact) mass is 370 g/mol. The highest BCUT2D eigenvalue weighted by Crippen LogP contribution is 2.29. The van der Waals surface area contributed by atoms with Gasteiger partial charge in [-0.2, -0.15) is 0 Å². The Bertz CT molecular complexity index is 573. The molecule has 0 atom stereocenters. The number of ether oxygens (including phenoxy) is 1. The van der Waals surface area contributed by atoms with Gasteiger partial charge in [0.1, 0.15) is 5.75 Å². The molecule has 5 heteroatoms. The lowest BCUT2D eigenvalue weighted by molar-refractivity contribution is 0.471. The molecular formula is C13H12Br2N2O. The summed E-state index contributed by atoms with van der Waals surface area (Å²) in [5.74, 6) is 1.44. The number of aromatic nitrogens is 1. The molecule has 1 aromatic carbocycles. The van der Waals surface area contributed by atoms with Gasteiger partial charge in [0.25, 0.3) is 0 Å². The molecule has 18 heavy (non-hydrogen) atoms. The largest absolute Gasteiger partial charge is 0.455 e. The zero-order chi connectivity index (χ0) is 13.1. The standard InChI is InChI=1S/C13H12Br2N2O/c1-8-4-10(2-3-11(8)15)18-13-5-9(14)7-17-12(13)6-16/h2-5,7H,6,16H2,1H3. The Balaban J connectivity index is 2.33. The summed E-state index contributed by atoms with van der Waals surface area (Å²) in [7, 11) is 0. The second kappa shape index (κ2) is 5.82. The lowest BCUT2D eigenvalue weighted by Crippen LogP contribution is -2.02. The van der Waals surface area contributed by atoms with Crippen molar-refractivity contribution in [2.75, 3.05) is 0 Å². The number of benzene rings is 1. The highest BCUT2D eigenvalue weighted by Gasteiger charge is 2.07. The maximum absolute atomic E-state index is 5.82. The summed E-state index contributed by atoms with van der Waals surface area (Å²) in [6.45, 7) is 2.36. The van der Waals surface area contributed by atoms with E-state index in [0.717, 1.165) is 26.0 Å². The molecule has 0 fully saturated rings. The van der Waals surface area contributed by atoms with Crippen molar-refractivity contribution in [1.82, 2.24) is 4.98 Å². The quantitative estimate of drug-likeness (QED) is 0.880. The van der Waals surface area contributed by atoms with Crippen LogP contribution in [0.5, 0.6) is 11.5 Å². The van der Waals surface area contributed by atoms with Crippen LogP contribution in [-0.2, 0) is 6.54 Å². The molecule has 0 saturated heterocycles. The van der Waals surface area contributed by atoms with Gasteiger partial charge in [0, 0.05) is 21.7 Å². The van der Waals surface area contributed by atoms with Crippen LogP contribution in [0.3, 0.4) is 0 Å². The van der Waals surface area contributed by atoms with E-state index in [-0.39, 0.29) is 0 Å². The van der Waals surface area contributed by atoms with Gasteiger partial charge in [0.15, 0.2) is 5.75 Å². The highest BCUT2D eigenvalue weighted by molar-refractivity contribution is 9.10. The maximum atomic E-state index is 5.82. The second-order valence-corrected chi connectivity index (χ2v) is 5.59. The smallest absolute Gasteiger partial charge is 0.151 e. The summed E-state index contributed by atoms with van der Waals surface area (Å²) < 4.78 is 7.74. The number of aryl methyl sites for hydroxylation is 1. The lowest BCUT2D eigenvalue weighted by atomic mass is 10.2.